The highest BCUT2D eigenvalue weighted by Crippen LogP contribution is 2.13. The second-order valence-corrected chi connectivity index (χ2v) is 6.48. The van der Waals surface area contributed by atoms with Gasteiger partial charge in [0.1, 0.15) is 6.29 Å². The van der Waals surface area contributed by atoms with Gasteiger partial charge in [-0.1, -0.05) is 83.1 Å². The van der Waals surface area contributed by atoms with Crippen molar-refractivity contribution in [2.45, 2.75) is 103 Å². The lowest BCUT2D eigenvalue weighted by molar-refractivity contribution is -0.107. The van der Waals surface area contributed by atoms with Crippen molar-refractivity contribution in [1.82, 2.24) is 0 Å². The number of rotatable bonds is 18. The maximum Gasteiger partial charge on any atom is 0.119 e. The predicted octanol–water partition coefficient (Wildman–Crippen LogP) is 7.04. The van der Waals surface area contributed by atoms with E-state index < -0.39 is 0 Å². The first kappa shape index (κ1) is 22.2. The predicted molar refractivity (Wildman–Crippen MR) is 104 cm³/mol. The van der Waals surface area contributed by atoms with Gasteiger partial charge in [0.25, 0.3) is 0 Å². The van der Waals surface area contributed by atoms with E-state index in [0.717, 1.165) is 25.5 Å². The molecular formula is C20H35NOS. The molecule has 0 radical (unpaired) electrons. The van der Waals surface area contributed by atoms with Crippen molar-refractivity contribution in [3.05, 3.63) is 12.3 Å². The molecule has 0 unspecified atom stereocenters. The molecule has 23 heavy (non-hydrogen) atoms. The maximum atomic E-state index is 10.2. The van der Waals surface area contributed by atoms with Crippen LogP contribution in [-0.2, 0) is 4.79 Å². The molecule has 0 aliphatic heterocycles. The first-order valence-electron chi connectivity index (χ1n) is 9.57. The van der Waals surface area contributed by atoms with Crippen LogP contribution < -0.4 is 0 Å². The molecule has 2 nitrogen and oxygen atoms in total. The van der Waals surface area contributed by atoms with Crippen molar-refractivity contribution in [3.63, 3.8) is 0 Å². The standard InChI is InChI=1S/C20H35NOS/c22-19-17-15-13-11-9-7-5-3-1-2-4-6-8-10-12-14-16-18-21-20-23/h16,18-19H,1-15,17H2/b18-16-. The average Bonchev–Trinajstić information content (AvgIpc) is 2.57. The van der Waals surface area contributed by atoms with Gasteiger partial charge < -0.3 is 4.79 Å². The smallest absolute Gasteiger partial charge is 0.119 e. The zero-order chi connectivity index (χ0) is 16.8. The molecule has 0 fully saturated rings. The zero-order valence-electron chi connectivity index (χ0n) is 14.8. The molecule has 0 aromatic rings. The van der Waals surface area contributed by atoms with Crippen molar-refractivity contribution in [2.75, 3.05) is 0 Å². The summed E-state index contributed by atoms with van der Waals surface area (Å²) >= 11 is 4.49. The van der Waals surface area contributed by atoms with Crippen LogP contribution in [0.1, 0.15) is 103 Å². The number of isothiocyanates is 1. The summed E-state index contributed by atoms with van der Waals surface area (Å²) in [6, 6.07) is 0. The van der Waals surface area contributed by atoms with Gasteiger partial charge in [0.05, 0.1) is 5.16 Å². The van der Waals surface area contributed by atoms with Crippen molar-refractivity contribution in [1.29, 1.82) is 0 Å². The minimum Gasteiger partial charge on any atom is -0.303 e. The van der Waals surface area contributed by atoms with Gasteiger partial charge in [0.2, 0.25) is 0 Å². The number of carbonyl (C=O) groups is 1. The Kier molecular flexibility index (Phi) is 20.5. The van der Waals surface area contributed by atoms with Crippen molar-refractivity contribution < 1.29 is 4.79 Å². The quantitative estimate of drug-likeness (QED) is 0.116. The van der Waals surface area contributed by atoms with E-state index in [2.05, 4.69) is 28.4 Å². The Morgan fingerprint density at radius 1 is 0.652 bits per heavy atom. The van der Waals surface area contributed by atoms with E-state index >= 15 is 0 Å². The maximum absolute atomic E-state index is 10.2. The molecule has 0 N–H and O–H groups in total. The van der Waals surface area contributed by atoms with E-state index in [-0.39, 0.29) is 0 Å². The van der Waals surface area contributed by atoms with Gasteiger partial charge in [-0.3, -0.25) is 0 Å². The second kappa shape index (κ2) is 21.2. The molecule has 0 aliphatic rings. The molecule has 0 spiro atoms. The summed E-state index contributed by atoms with van der Waals surface area (Å²) in [7, 11) is 0. The third kappa shape index (κ3) is 21.2. The molecule has 0 atom stereocenters. The van der Waals surface area contributed by atoms with Crippen LogP contribution in [0.25, 0.3) is 0 Å². The zero-order valence-corrected chi connectivity index (χ0v) is 15.6. The molecule has 0 aliphatic carbocycles. The summed E-state index contributed by atoms with van der Waals surface area (Å²) in [6.07, 6.45) is 25.4. The highest BCUT2D eigenvalue weighted by Gasteiger charge is 1.94. The van der Waals surface area contributed by atoms with E-state index in [1.165, 1.54) is 83.5 Å². The third-order valence-electron chi connectivity index (χ3n) is 4.18. The molecule has 132 valence electrons. The fourth-order valence-electron chi connectivity index (χ4n) is 2.77. The van der Waals surface area contributed by atoms with Crippen LogP contribution in [-0.4, -0.2) is 11.4 Å². The lowest BCUT2D eigenvalue weighted by atomic mass is 10.0. The Hall–Kier alpha value is -0.790. The van der Waals surface area contributed by atoms with E-state index in [0.29, 0.717) is 0 Å². The number of unbranched alkanes of at least 4 members (excludes halogenated alkanes) is 15. The van der Waals surface area contributed by atoms with Crippen LogP contribution in [0.15, 0.2) is 17.3 Å². The van der Waals surface area contributed by atoms with E-state index in [9.17, 15) is 4.79 Å². The lowest BCUT2D eigenvalue weighted by Crippen LogP contribution is -1.83. The van der Waals surface area contributed by atoms with E-state index in [4.69, 9.17) is 0 Å². The van der Waals surface area contributed by atoms with Crippen molar-refractivity contribution in [2.24, 2.45) is 4.99 Å². The van der Waals surface area contributed by atoms with Crippen LogP contribution >= 0.6 is 12.2 Å². The fourth-order valence-corrected chi connectivity index (χ4v) is 2.83. The number of hydrogen-bond acceptors (Lipinski definition) is 3. The highest BCUT2D eigenvalue weighted by molar-refractivity contribution is 7.78. The molecule has 0 aromatic carbocycles. The molecule has 0 rings (SSSR count). The summed E-state index contributed by atoms with van der Waals surface area (Å²) in [6.45, 7) is 0. The van der Waals surface area contributed by atoms with Gasteiger partial charge in [-0.15, -0.1) is 0 Å². The summed E-state index contributed by atoms with van der Waals surface area (Å²) in [5.74, 6) is 0. The molecule has 0 aromatic heterocycles. The largest absolute Gasteiger partial charge is 0.303 e. The highest BCUT2D eigenvalue weighted by atomic mass is 32.1. The Labute approximate surface area is 148 Å². The van der Waals surface area contributed by atoms with Crippen LogP contribution in [0, 0.1) is 0 Å². The minimum atomic E-state index is 0.749. The van der Waals surface area contributed by atoms with Gasteiger partial charge in [0, 0.05) is 12.6 Å². The van der Waals surface area contributed by atoms with E-state index in [1.807, 2.05) is 0 Å². The van der Waals surface area contributed by atoms with Gasteiger partial charge in [-0.05, 0) is 31.5 Å². The number of thiocarbonyl (C=S) groups is 1. The van der Waals surface area contributed by atoms with E-state index in [1.54, 1.807) is 6.20 Å². The first-order valence-corrected chi connectivity index (χ1v) is 9.98. The molecular weight excluding hydrogens is 302 g/mol. The topological polar surface area (TPSA) is 29.4 Å². The Balaban J connectivity index is 3.02. The summed E-state index contributed by atoms with van der Waals surface area (Å²) in [5, 5.41) is 2.33. The number of hydrogen-bond donors (Lipinski definition) is 0. The number of nitrogens with zero attached hydrogens (tertiary/aromatic N) is 1. The van der Waals surface area contributed by atoms with Crippen LogP contribution in [0.5, 0.6) is 0 Å². The monoisotopic (exact) mass is 337 g/mol. The Morgan fingerprint density at radius 2 is 1.04 bits per heavy atom. The lowest BCUT2D eigenvalue weighted by Gasteiger charge is -2.03. The normalized spacial score (nSPS) is 10.8. The number of aldehydes is 1. The fraction of sp³-hybridized carbons (Fsp3) is 0.800. The summed E-state index contributed by atoms with van der Waals surface area (Å²) in [4.78, 5) is 13.9. The van der Waals surface area contributed by atoms with Gasteiger partial charge in [-0.2, -0.15) is 0 Å². The SMILES string of the molecule is O=CCCCCCCCCCCCCCCCC/C=C\N=C=S. The first-order chi connectivity index (χ1) is 11.4. The van der Waals surface area contributed by atoms with Crippen LogP contribution in [0.3, 0.4) is 0 Å². The Morgan fingerprint density at radius 3 is 1.43 bits per heavy atom. The molecule has 0 heterocycles. The molecule has 0 saturated carbocycles. The number of carbonyl (C=O) groups excluding carboxylic acids is 1. The van der Waals surface area contributed by atoms with Crippen molar-refractivity contribution in [3.8, 4) is 0 Å². The number of aliphatic imine (C=N–C) groups is 1. The Bertz CT molecular complexity index is 322. The van der Waals surface area contributed by atoms with Gasteiger partial charge in [-0.25, -0.2) is 4.99 Å². The van der Waals surface area contributed by atoms with Crippen molar-refractivity contribution >= 4 is 23.7 Å². The third-order valence-corrected chi connectivity index (χ3v) is 4.28. The second-order valence-electron chi connectivity index (χ2n) is 6.30. The summed E-state index contributed by atoms with van der Waals surface area (Å²) in [5.41, 5.74) is 0. The van der Waals surface area contributed by atoms with Gasteiger partial charge in [0.15, 0.2) is 0 Å². The average molecular weight is 338 g/mol. The molecule has 3 heteroatoms. The van der Waals surface area contributed by atoms with Crippen LogP contribution in [0.4, 0.5) is 0 Å². The minimum absolute atomic E-state index is 0.749. The molecule has 0 saturated heterocycles. The van der Waals surface area contributed by atoms with Crippen LogP contribution in [0.2, 0.25) is 0 Å². The number of allylic oxidation sites excluding steroid dienone is 1. The summed E-state index contributed by atoms with van der Waals surface area (Å²) < 4.78 is 0. The molecule has 0 amide bonds. The molecule has 0 bridgehead atoms. The van der Waals surface area contributed by atoms with Gasteiger partial charge >= 0.3 is 0 Å².